The van der Waals surface area contributed by atoms with Crippen LogP contribution in [0.15, 0.2) is 22.9 Å². The number of aromatic hydroxyl groups is 1. The Bertz CT molecular complexity index is 662. The molecule has 0 unspecified atom stereocenters. The van der Waals surface area contributed by atoms with Crippen LogP contribution in [0.1, 0.15) is 12.5 Å². The molecule has 0 amide bonds. The van der Waals surface area contributed by atoms with Gasteiger partial charge in [-0.15, -0.1) is 0 Å². The van der Waals surface area contributed by atoms with Crippen molar-refractivity contribution in [3.05, 3.63) is 33.4 Å². The average Bonchev–Trinajstić information content (AvgIpc) is 2.71. The lowest BCUT2D eigenvalue weighted by atomic mass is 10.1. The minimum atomic E-state index is -0.742. The second-order valence-corrected chi connectivity index (χ2v) is 3.96. The zero-order chi connectivity index (χ0) is 14.9. The molecule has 1 aromatic rings. The number of phenols is 1. The second-order valence-electron chi connectivity index (χ2n) is 3.96. The van der Waals surface area contributed by atoms with Crippen LogP contribution in [0.3, 0.4) is 0 Å². The van der Waals surface area contributed by atoms with Gasteiger partial charge in [-0.1, -0.05) is 5.16 Å². The third-order valence-corrected chi connectivity index (χ3v) is 2.68. The molecule has 0 fully saturated rings. The number of hydrogen-bond acceptors (Lipinski definition) is 7. The van der Waals surface area contributed by atoms with Gasteiger partial charge in [0.25, 0.3) is 0 Å². The van der Waals surface area contributed by atoms with Crippen molar-refractivity contribution < 1.29 is 24.4 Å². The SMILES string of the molecule is COc1cc(/C=C2/C(=O)ON=C2C)cc([N+](=O)[O-])c1O. The number of oxime groups is 1. The average molecular weight is 278 g/mol. The fourth-order valence-corrected chi connectivity index (χ4v) is 1.68. The van der Waals surface area contributed by atoms with Crippen molar-refractivity contribution in [1.29, 1.82) is 0 Å². The molecule has 1 aromatic carbocycles. The Morgan fingerprint density at radius 2 is 2.20 bits per heavy atom. The summed E-state index contributed by atoms with van der Waals surface area (Å²) in [4.78, 5) is 26.0. The lowest BCUT2D eigenvalue weighted by Crippen LogP contribution is -2.02. The van der Waals surface area contributed by atoms with Crippen LogP contribution in [-0.4, -0.2) is 28.8 Å². The van der Waals surface area contributed by atoms with E-state index in [1.54, 1.807) is 6.92 Å². The lowest BCUT2D eigenvalue weighted by molar-refractivity contribution is -0.386. The van der Waals surface area contributed by atoms with Crippen molar-refractivity contribution in [2.45, 2.75) is 6.92 Å². The summed E-state index contributed by atoms with van der Waals surface area (Å²) in [5.41, 5.74) is 0.351. The van der Waals surface area contributed by atoms with Gasteiger partial charge in [-0.2, -0.15) is 0 Å². The molecule has 104 valence electrons. The Morgan fingerprint density at radius 1 is 1.50 bits per heavy atom. The molecule has 0 radical (unpaired) electrons. The summed E-state index contributed by atoms with van der Waals surface area (Å²) in [5.74, 6) is -1.27. The molecule has 8 heteroatoms. The molecule has 2 rings (SSSR count). The number of nitro benzene ring substituents is 1. The summed E-state index contributed by atoms with van der Waals surface area (Å²) in [7, 11) is 1.27. The lowest BCUT2D eigenvalue weighted by Gasteiger charge is -2.05. The molecule has 0 bridgehead atoms. The molecular formula is C12H10N2O6. The molecule has 0 spiro atoms. The van der Waals surface area contributed by atoms with Gasteiger partial charge in [0.1, 0.15) is 0 Å². The van der Waals surface area contributed by atoms with Crippen LogP contribution in [0.5, 0.6) is 11.5 Å². The van der Waals surface area contributed by atoms with Crippen LogP contribution >= 0.6 is 0 Å². The first-order valence-electron chi connectivity index (χ1n) is 5.47. The number of rotatable bonds is 3. The monoisotopic (exact) mass is 278 g/mol. The molecule has 20 heavy (non-hydrogen) atoms. The Morgan fingerprint density at radius 3 is 2.70 bits per heavy atom. The molecule has 0 aromatic heterocycles. The Hall–Kier alpha value is -2.90. The smallest absolute Gasteiger partial charge is 0.367 e. The third kappa shape index (κ3) is 2.30. The zero-order valence-electron chi connectivity index (χ0n) is 10.6. The summed E-state index contributed by atoms with van der Waals surface area (Å²) >= 11 is 0. The summed E-state index contributed by atoms with van der Waals surface area (Å²) < 4.78 is 4.86. The van der Waals surface area contributed by atoms with Crippen LogP contribution in [0.4, 0.5) is 5.69 Å². The molecule has 0 saturated heterocycles. The van der Waals surface area contributed by atoms with Crippen molar-refractivity contribution in [3.63, 3.8) is 0 Å². The van der Waals surface area contributed by atoms with E-state index in [1.807, 2.05) is 0 Å². The van der Waals surface area contributed by atoms with E-state index in [-0.39, 0.29) is 11.3 Å². The van der Waals surface area contributed by atoms with Crippen molar-refractivity contribution >= 4 is 23.4 Å². The first-order chi connectivity index (χ1) is 9.43. The topological polar surface area (TPSA) is 111 Å². The number of carbonyl (C=O) groups excluding carboxylic acids is 1. The van der Waals surface area contributed by atoms with Crippen LogP contribution < -0.4 is 4.74 Å². The van der Waals surface area contributed by atoms with Crippen molar-refractivity contribution in [2.75, 3.05) is 7.11 Å². The number of carbonyl (C=O) groups is 1. The highest BCUT2D eigenvalue weighted by atomic mass is 16.7. The van der Waals surface area contributed by atoms with Crippen molar-refractivity contribution in [2.24, 2.45) is 5.16 Å². The van der Waals surface area contributed by atoms with E-state index in [2.05, 4.69) is 9.99 Å². The Balaban J connectivity index is 2.56. The molecule has 8 nitrogen and oxygen atoms in total. The van der Waals surface area contributed by atoms with Gasteiger partial charge in [0.2, 0.25) is 5.75 Å². The maximum Gasteiger partial charge on any atom is 0.367 e. The van der Waals surface area contributed by atoms with Crippen LogP contribution in [-0.2, 0) is 9.63 Å². The quantitative estimate of drug-likeness (QED) is 0.389. The molecule has 1 heterocycles. The highest BCUT2D eigenvalue weighted by Gasteiger charge is 2.24. The molecule has 1 N–H and O–H groups in total. The van der Waals surface area contributed by atoms with Gasteiger partial charge in [-0.25, -0.2) is 4.79 Å². The summed E-state index contributed by atoms with van der Waals surface area (Å²) in [5, 5.41) is 24.0. The predicted octanol–water partition coefficient (Wildman–Crippen LogP) is 1.63. The highest BCUT2D eigenvalue weighted by molar-refractivity contribution is 6.24. The van der Waals surface area contributed by atoms with Gasteiger partial charge in [0, 0.05) is 6.07 Å². The zero-order valence-corrected chi connectivity index (χ0v) is 10.6. The minimum absolute atomic E-state index is 0.0630. The highest BCUT2D eigenvalue weighted by Crippen LogP contribution is 2.37. The Kier molecular flexibility index (Phi) is 3.38. The summed E-state index contributed by atoms with van der Waals surface area (Å²) in [6, 6.07) is 2.50. The number of hydrogen-bond donors (Lipinski definition) is 1. The number of phenolic OH excluding ortho intramolecular Hbond substituents is 1. The van der Waals surface area contributed by atoms with E-state index in [0.29, 0.717) is 11.3 Å². The van der Waals surface area contributed by atoms with E-state index in [9.17, 15) is 20.0 Å². The van der Waals surface area contributed by atoms with E-state index in [4.69, 9.17) is 4.74 Å². The van der Waals surface area contributed by atoms with E-state index < -0.39 is 22.3 Å². The predicted molar refractivity (Wildman–Crippen MR) is 68.5 cm³/mol. The second kappa shape index (κ2) is 5.00. The standard InChI is InChI=1S/C12H10N2O6/c1-6-8(12(16)20-13-6)3-7-4-9(14(17)18)11(15)10(5-7)19-2/h3-5,15H,1-2H3/b8-3+. The van der Waals surface area contributed by atoms with E-state index in [1.165, 1.54) is 19.3 Å². The van der Waals surface area contributed by atoms with Gasteiger partial charge in [-0.05, 0) is 24.6 Å². The number of methoxy groups -OCH3 is 1. The van der Waals surface area contributed by atoms with Crippen molar-refractivity contribution in [1.82, 2.24) is 0 Å². The third-order valence-electron chi connectivity index (χ3n) is 2.68. The minimum Gasteiger partial charge on any atom is -0.500 e. The molecular weight excluding hydrogens is 268 g/mol. The van der Waals surface area contributed by atoms with Gasteiger partial charge >= 0.3 is 11.7 Å². The van der Waals surface area contributed by atoms with Gasteiger partial charge in [-0.3, -0.25) is 10.1 Å². The van der Waals surface area contributed by atoms with E-state index >= 15 is 0 Å². The summed E-state index contributed by atoms with van der Waals surface area (Å²) in [6.07, 6.45) is 1.38. The van der Waals surface area contributed by atoms with Gasteiger partial charge < -0.3 is 14.7 Å². The number of ether oxygens (including phenoxy) is 1. The van der Waals surface area contributed by atoms with Gasteiger partial charge in [0.05, 0.1) is 23.3 Å². The number of nitro groups is 1. The van der Waals surface area contributed by atoms with Crippen LogP contribution in [0.25, 0.3) is 6.08 Å². The fraction of sp³-hybridized carbons (Fsp3) is 0.167. The van der Waals surface area contributed by atoms with Crippen LogP contribution in [0, 0.1) is 10.1 Å². The maximum atomic E-state index is 11.4. The molecule has 0 saturated carbocycles. The Labute approximate surface area is 113 Å². The molecule has 0 aliphatic carbocycles. The maximum absolute atomic E-state index is 11.4. The largest absolute Gasteiger partial charge is 0.500 e. The number of nitrogens with zero attached hydrogens (tertiary/aromatic N) is 2. The number of benzene rings is 1. The first kappa shape index (κ1) is 13.5. The molecule has 1 aliphatic heterocycles. The van der Waals surface area contributed by atoms with Crippen molar-refractivity contribution in [3.8, 4) is 11.5 Å². The molecule has 0 atom stereocenters. The summed E-state index contributed by atoms with van der Waals surface area (Å²) in [6.45, 7) is 1.57. The first-order valence-corrected chi connectivity index (χ1v) is 5.47. The fourth-order valence-electron chi connectivity index (χ4n) is 1.68. The normalized spacial score (nSPS) is 16.0. The molecule has 1 aliphatic rings. The van der Waals surface area contributed by atoms with Gasteiger partial charge in [0.15, 0.2) is 5.75 Å². The van der Waals surface area contributed by atoms with E-state index in [0.717, 1.165) is 6.07 Å². The van der Waals surface area contributed by atoms with Crippen LogP contribution in [0.2, 0.25) is 0 Å².